The molecule has 0 heterocycles. The van der Waals surface area contributed by atoms with E-state index >= 15 is 0 Å². The van der Waals surface area contributed by atoms with E-state index in [4.69, 9.17) is 0 Å². The van der Waals surface area contributed by atoms with Crippen molar-refractivity contribution in [2.45, 2.75) is 79.1 Å². The summed E-state index contributed by atoms with van der Waals surface area (Å²) >= 11 is 0. The van der Waals surface area contributed by atoms with Crippen LogP contribution < -0.4 is 0 Å². The third kappa shape index (κ3) is 2.49. The fourth-order valence-corrected chi connectivity index (χ4v) is 6.23. The van der Waals surface area contributed by atoms with Crippen molar-refractivity contribution in [3.63, 3.8) is 0 Å². The Hall–Kier alpha value is -0.590. The maximum Gasteiger partial charge on any atom is 0.123 e. The Balaban J connectivity index is 1.76. The average Bonchev–Trinajstić information content (AvgIpc) is 3.08. The first-order valence-electron chi connectivity index (χ1n) is 9.36. The minimum absolute atomic E-state index is 0.301. The Labute approximate surface area is 136 Å². The van der Waals surface area contributed by atoms with E-state index in [0.717, 1.165) is 12.3 Å². The summed E-state index contributed by atoms with van der Waals surface area (Å²) in [6.45, 7) is 14.3. The van der Waals surface area contributed by atoms with E-state index in [1.807, 2.05) is 0 Å². The van der Waals surface area contributed by atoms with Gasteiger partial charge in [-0.1, -0.05) is 46.3 Å². The molecule has 0 saturated heterocycles. The molecule has 0 N–H and O–H groups in total. The van der Waals surface area contributed by atoms with Gasteiger partial charge in [-0.3, -0.25) is 0 Å². The lowest BCUT2D eigenvalue weighted by atomic mass is 9.47. The lowest BCUT2D eigenvalue weighted by Crippen LogP contribution is -2.49. The van der Waals surface area contributed by atoms with Crippen LogP contribution >= 0.6 is 0 Å². The van der Waals surface area contributed by atoms with Gasteiger partial charge in [0.05, 0.1) is 0 Å². The molecule has 3 saturated carbocycles. The number of hydrogen-bond donors (Lipinski definition) is 0. The summed E-state index contributed by atoms with van der Waals surface area (Å²) < 4.78 is 0. The molecule has 0 aliphatic heterocycles. The minimum atomic E-state index is 0.301. The van der Waals surface area contributed by atoms with Gasteiger partial charge < -0.3 is 4.79 Å². The largest absolute Gasteiger partial charge is 0.303 e. The molecule has 5 atom stereocenters. The smallest absolute Gasteiger partial charge is 0.123 e. The standard InChI is InChI=1S/C21H34O/c1-15-7-8-18-19(2,3)10-6-11-21(18,5)17(15)9-12-20(4)13-16(20)14-22/h14,16-18H,1,6-13H2,2-5H3/t16?,17-,18-,20?,21+/m0/s1. The maximum absolute atomic E-state index is 11.1. The van der Waals surface area contributed by atoms with Gasteiger partial charge in [0.15, 0.2) is 0 Å². The zero-order valence-electron chi connectivity index (χ0n) is 15.1. The van der Waals surface area contributed by atoms with E-state index in [-0.39, 0.29) is 0 Å². The predicted molar refractivity (Wildman–Crippen MR) is 92.6 cm³/mol. The molecule has 3 aliphatic rings. The number of fused-ring (bicyclic) bond motifs is 1. The second-order valence-electron chi connectivity index (χ2n) is 9.79. The molecule has 0 aromatic rings. The number of aldehydes is 1. The molecule has 0 spiro atoms. The monoisotopic (exact) mass is 302 g/mol. The van der Waals surface area contributed by atoms with E-state index in [1.165, 1.54) is 56.8 Å². The Morgan fingerprint density at radius 3 is 2.59 bits per heavy atom. The highest BCUT2D eigenvalue weighted by molar-refractivity contribution is 5.59. The summed E-state index contributed by atoms with van der Waals surface area (Å²) in [4.78, 5) is 11.1. The summed E-state index contributed by atoms with van der Waals surface area (Å²) in [5, 5.41) is 0. The SMILES string of the molecule is C=C1CC[C@H]2C(C)(C)CCC[C@]2(C)[C@H]1CCC1(C)CC1C=O. The van der Waals surface area contributed by atoms with Crippen molar-refractivity contribution in [1.29, 1.82) is 0 Å². The van der Waals surface area contributed by atoms with Gasteiger partial charge in [-0.2, -0.15) is 0 Å². The minimum Gasteiger partial charge on any atom is -0.303 e. The van der Waals surface area contributed by atoms with Crippen molar-refractivity contribution in [2.24, 2.45) is 34.0 Å². The van der Waals surface area contributed by atoms with E-state index in [1.54, 1.807) is 0 Å². The fourth-order valence-electron chi connectivity index (χ4n) is 6.23. The predicted octanol–water partition coefficient (Wildman–Crippen LogP) is 5.79. The molecular formula is C21H34O. The number of rotatable bonds is 4. The van der Waals surface area contributed by atoms with E-state index < -0.39 is 0 Å². The van der Waals surface area contributed by atoms with Crippen LogP contribution in [0.3, 0.4) is 0 Å². The van der Waals surface area contributed by atoms with Crippen molar-refractivity contribution in [2.75, 3.05) is 0 Å². The molecule has 1 nitrogen and oxygen atoms in total. The molecule has 1 heteroatoms. The molecule has 22 heavy (non-hydrogen) atoms. The highest BCUT2D eigenvalue weighted by Gasteiger charge is 2.54. The first-order valence-corrected chi connectivity index (χ1v) is 9.36. The molecule has 0 bridgehead atoms. The van der Waals surface area contributed by atoms with Crippen molar-refractivity contribution < 1.29 is 4.79 Å². The molecule has 0 radical (unpaired) electrons. The lowest BCUT2D eigenvalue weighted by Gasteiger charge is -2.58. The van der Waals surface area contributed by atoms with Gasteiger partial charge in [0.2, 0.25) is 0 Å². The Morgan fingerprint density at radius 2 is 1.95 bits per heavy atom. The summed E-state index contributed by atoms with van der Waals surface area (Å²) in [7, 11) is 0. The third-order valence-electron chi connectivity index (χ3n) is 7.91. The molecule has 0 aromatic carbocycles. The quantitative estimate of drug-likeness (QED) is 0.474. The Bertz CT molecular complexity index is 476. The van der Waals surface area contributed by atoms with Crippen LogP contribution in [-0.4, -0.2) is 6.29 Å². The van der Waals surface area contributed by atoms with Gasteiger partial charge in [-0.25, -0.2) is 0 Å². The first-order chi connectivity index (χ1) is 10.2. The van der Waals surface area contributed by atoms with Crippen molar-refractivity contribution in [1.82, 2.24) is 0 Å². The lowest BCUT2D eigenvalue weighted by molar-refractivity contribution is -0.109. The highest BCUT2D eigenvalue weighted by atomic mass is 16.1. The van der Waals surface area contributed by atoms with Crippen molar-refractivity contribution >= 4 is 6.29 Å². The van der Waals surface area contributed by atoms with Gasteiger partial charge in [0, 0.05) is 5.92 Å². The fraction of sp³-hybridized carbons (Fsp3) is 0.857. The van der Waals surface area contributed by atoms with Crippen LogP contribution in [0.25, 0.3) is 0 Å². The summed E-state index contributed by atoms with van der Waals surface area (Å²) in [5.41, 5.74) is 2.73. The second-order valence-corrected chi connectivity index (χ2v) is 9.79. The van der Waals surface area contributed by atoms with Gasteiger partial charge in [0.1, 0.15) is 6.29 Å². The van der Waals surface area contributed by atoms with E-state index in [0.29, 0.717) is 28.1 Å². The second kappa shape index (κ2) is 5.21. The van der Waals surface area contributed by atoms with Crippen LogP contribution in [0.5, 0.6) is 0 Å². The average molecular weight is 303 g/mol. The topological polar surface area (TPSA) is 17.1 Å². The molecule has 0 amide bonds. The number of hydrogen-bond acceptors (Lipinski definition) is 1. The van der Waals surface area contributed by atoms with Gasteiger partial charge in [-0.15, -0.1) is 0 Å². The van der Waals surface area contributed by atoms with E-state index in [2.05, 4.69) is 34.3 Å². The molecule has 0 aromatic heterocycles. The summed E-state index contributed by atoms with van der Waals surface area (Å²) in [6, 6.07) is 0. The van der Waals surface area contributed by atoms with Crippen LogP contribution in [0.1, 0.15) is 79.1 Å². The molecule has 3 rings (SSSR count). The van der Waals surface area contributed by atoms with Gasteiger partial charge >= 0.3 is 0 Å². The van der Waals surface area contributed by atoms with Crippen LogP contribution in [0.4, 0.5) is 0 Å². The number of allylic oxidation sites excluding steroid dienone is 1. The Morgan fingerprint density at radius 1 is 1.23 bits per heavy atom. The summed E-state index contributed by atoms with van der Waals surface area (Å²) in [6.07, 6.45) is 11.5. The van der Waals surface area contributed by atoms with Crippen LogP contribution in [0.15, 0.2) is 12.2 Å². The molecule has 3 aliphatic carbocycles. The van der Waals surface area contributed by atoms with Crippen LogP contribution in [0.2, 0.25) is 0 Å². The Kier molecular flexibility index (Phi) is 3.86. The zero-order chi connectivity index (χ0) is 16.2. The van der Waals surface area contributed by atoms with Crippen molar-refractivity contribution in [3.05, 3.63) is 12.2 Å². The third-order valence-corrected chi connectivity index (χ3v) is 7.91. The molecular weight excluding hydrogens is 268 g/mol. The van der Waals surface area contributed by atoms with Crippen molar-refractivity contribution in [3.8, 4) is 0 Å². The van der Waals surface area contributed by atoms with Crippen LogP contribution in [0, 0.1) is 34.0 Å². The molecule has 124 valence electrons. The normalized spacial score (nSPS) is 46.9. The highest BCUT2D eigenvalue weighted by Crippen LogP contribution is 2.63. The molecule has 2 unspecified atom stereocenters. The zero-order valence-corrected chi connectivity index (χ0v) is 15.1. The summed E-state index contributed by atoms with van der Waals surface area (Å²) in [5.74, 6) is 1.85. The van der Waals surface area contributed by atoms with Gasteiger partial charge in [-0.05, 0) is 73.0 Å². The van der Waals surface area contributed by atoms with Gasteiger partial charge in [0.25, 0.3) is 0 Å². The van der Waals surface area contributed by atoms with E-state index in [9.17, 15) is 4.79 Å². The number of carbonyl (C=O) groups is 1. The van der Waals surface area contributed by atoms with Crippen LogP contribution in [-0.2, 0) is 4.79 Å². The molecule has 3 fully saturated rings. The number of carbonyl (C=O) groups excluding carboxylic acids is 1. The maximum atomic E-state index is 11.1. The first kappa shape index (κ1) is 16.3.